The van der Waals surface area contributed by atoms with E-state index >= 15 is 0 Å². The van der Waals surface area contributed by atoms with Crippen molar-refractivity contribution in [1.29, 1.82) is 0 Å². The Morgan fingerprint density at radius 1 is 1.00 bits per heavy atom. The largest absolute Gasteiger partial charge is 0.0651 e. The predicted molar refractivity (Wildman–Crippen MR) is 87.4 cm³/mol. The van der Waals surface area contributed by atoms with Gasteiger partial charge in [-0.2, -0.15) is 0 Å². The van der Waals surface area contributed by atoms with Gasteiger partial charge in [0.15, 0.2) is 0 Å². The van der Waals surface area contributed by atoms with Gasteiger partial charge in [0.1, 0.15) is 0 Å². The summed E-state index contributed by atoms with van der Waals surface area (Å²) in [7, 11) is 0. The number of hydrogen-bond acceptors (Lipinski definition) is 0. The molecule has 19 heavy (non-hydrogen) atoms. The van der Waals surface area contributed by atoms with Gasteiger partial charge in [0.05, 0.1) is 0 Å². The molecule has 5 unspecified atom stereocenters. The van der Waals surface area contributed by atoms with Crippen molar-refractivity contribution < 1.29 is 0 Å². The van der Waals surface area contributed by atoms with E-state index in [2.05, 4.69) is 34.6 Å². The lowest BCUT2D eigenvalue weighted by molar-refractivity contribution is 0.152. The molecular weight excluding hydrogens is 228 g/mol. The zero-order valence-corrected chi connectivity index (χ0v) is 14.3. The summed E-state index contributed by atoms with van der Waals surface area (Å²) in [6.07, 6.45) is 13.1. The highest BCUT2D eigenvalue weighted by atomic mass is 14.3. The highest BCUT2D eigenvalue weighted by Crippen LogP contribution is 2.39. The molecule has 114 valence electrons. The van der Waals surface area contributed by atoms with Gasteiger partial charge in [0, 0.05) is 0 Å². The highest BCUT2D eigenvalue weighted by molar-refractivity contribution is 4.79. The summed E-state index contributed by atoms with van der Waals surface area (Å²) in [5.41, 5.74) is 0. The Balaban J connectivity index is 2.68. The molecule has 0 bridgehead atoms. The zero-order valence-electron chi connectivity index (χ0n) is 14.3. The van der Waals surface area contributed by atoms with E-state index < -0.39 is 0 Å². The third-order valence-electron chi connectivity index (χ3n) is 6.13. The molecule has 1 aliphatic rings. The molecule has 0 saturated heterocycles. The van der Waals surface area contributed by atoms with Crippen LogP contribution in [0.4, 0.5) is 0 Å². The minimum absolute atomic E-state index is 0.924. The summed E-state index contributed by atoms with van der Waals surface area (Å²) in [4.78, 5) is 0. The standard InChI is InChI=1S/C19H38/c1-6-15(3)13-14-19-17(5)16(4)11-9-8-10-12-18(19)7-2/h15-19H,6-14H2,1-5H3. The molecule has 0 radical (unpaired) electrons. The second-order valence-electron chi connectivity index (χ2n) is 7.40. The quantitative estimate of drug-likeness (QED) is 0.520. The molecule has 1 fully saturated rings. The van der Waals surface area contributed by atoms with Crippen LogP contribution >= 0.6 is 0 Å². The zero-order chi connectivity index (χ0) is 14.3. The van der Waals surface area contributed by atoms with Gasteiger partial charge in [-0.05, 0) is 36.0 Å². The minimum atomic E-state index is 0.924. The molecule has 0 amide bonds. The van der Waals surface area contributed by atoms with Gasteiger partial charge >= 0.3 is 0 Å². The van der Waals surface area contributed by atoms with Crippen LogP contribution in [0, 0.1) is 29.6 Å². The van der Waals surface area contributed by atoms with Crippen molar-refractivity contribution in [3.05, 3.63) is 0 Å². The van der Waals surface area contributed by atoms with Gasteiger partial charge in [0.25, 0.3) is 0 Å². The highest BCUT2D eigenvalue weighted by Gasteiger charge is 2.29. The molecule has 0 spiro atoms. The first kappa shape index (κ1) is 17.1. The van der Waals surface area contributed by atoms with E-state index in [1.807, 2.05) is 0 Å². The summed E-state index contributed by atoms with van der Waals surface area (Å²) in [6.45, 7) is 12.3. The summed E-state index contributed by atoms with van der Waals surface area (Å²) in [6, 6.07) is 0. The van der Waals surface area contributed by atoms with Crippen molar-refractivity contribution in [2.75, 3.05) is 0 Å². The van der Waals surface area contributed by atoms with Crippen LogP contribution in [0.15, 0.2) is 0 Å². The summed E-state index contributed by atoms with van der Waals surface area (Å²) in [5, 5.41) is 0. The predicted octanol–water partition coefficient (Wildman–Crippen LogP) is 6.69. The van der Waals surface area contributed by atoms with Crippen LogP contribution in [-0.4, -0.2) is 0 Å². The first-order valence-corrected chi connectivity index (χ1v) is 9.10. The molecule has 0 aromatic heterocycles. The van der Waals surface area contributed by atoms with E-state index in [-0.39, 0.29) is 0 Å². The van der Waals surface area contributed by atoms with E-state index in [1.54, 1.807) is 0 Å². The van der Waals surface area contributed by atoms with Crippen molar-refractivity contribution in [1.82, 2.24) is 0 Å². The monoisotopic (exact) mass is 266 g/mol. The van der Waals surface area contributed by atoms with Crippen molar-refractivity contribution in [2.24, 2.45) is 29.6 Å². The molecule has 0 N–H and O–H groups in total. The minimum Gasteiger partial charge on any atom is -0.0651 e. The average molecular weight is 267 g/mol. The maximum absolute atomic E-state index is 2.56. The fourth-order valence-electron chi connectivity index (χ4n) is 4.06. The Bertz CT molecular complexity index is 218. The van der Waals surface area contributed by atoms with Crippen LogP contribution in [0.5, 0.6) is 0 Å². The Labute approximate surface area is 122 Å². The Kier molecular flexibility index (Phi) is 8.11. The molecule has 5 atom stereocenters. The third kappa shape index (κ3) is 5.48. The fourth-order valence-corrected chi connectivity index (χ4v) is 4.06. The molecule has 1 rings (SSSR count). The smallest absolute Gasteiger partial charge is 0.0358 e. The lowest BCUT2D eigenvalue weighted by Crippen LogP contribution is -2.26. The topological polar surface area (TPSA) is 0 Å². The fraction of sp³-hybridized carbons (Fsp3) is 1.00. The molecule has 0 heterocycles. The van der Waals surface area contributed by atoms with Crippen LogP contribution in [0.2, 0.25) is 0 Å². The van der Waals surface area contributed by atoms with Gasteiger partial charge in [-0.1, -0.05) is 86.0 Å². The number of hydrogen-bond donors (Lipinski definition) is 0. The van der Waals surface area contributed by atoms with E-state index in [0.29, 0.717) is 0 Å². The van der Waals surface area contributed by atoms with Gasteiger partial charge in [-0.3, -0.25) is 0 Å². The van der Waals surface area contributed by atoms with Crippen LogP contribution in [0.25, 0.3) is 0 Å². The normalized spacial score (nSPS) is 35.2. The van der Waals surface area contributed by atoms with Gasteiger partial charge in [-0.25, -0.2) is 0 Å². The van der Waals surface area contributed by atoms with E-state index in [9.17, 15) is 0 Å². The number of rotatable bonds is 5. The Morgan fingerprint density at radius 2 is 1.68 bits per heavy atom. The molecule has 1 saturated carbocycles. The lowest BCUT2D eigenvalue weighted by atomic mass is 9.71. The van der Waals surface area contributed by atoms with E-state index in [1.165, 1.54) is 57.8 Å². The van der Waals surface area contributed by atoms with Crippen LogP contribution in [0.1, 0.15) is 92.4 Å². The van der Waals surface area contributed by atoms with Crippen molar-refractivity contribution in [3.63, 3.8) is 0 Å². The molecule has 0 aromatic rings. The van der Waals surface area contributed by atoms with Crippen LogP contribution in [0.3, 0.4) is 0 Å². The van der Waals surface area contributed by atoms with E-state index in [0.717, 1.165) is 29.6 Å². The van der Waals surface area contributed by atoms with Crippen LogP contribution in [-0.2, 0) is 0 Å². The molecular formula is C19H38. The SMILES string of the molecule is CCC(C)CCC1C(CC)CCCCCC(C)C1C. The van der Waals surface area contributed by atoms with Gasteiger partial charge < -0.3 is 0 Å². The van der Waals surface area contributed by atoms with Crippen molar-refractivity contribution in [2.45, 2.75) is 92.4 Å². The average Bonchev–Trinajstić information content (AvgIpc) is 2.48. The van der Waals surface area contributed by atoms with Gasteiger partial charge in [-0.15, -0.1) is 0 Å². The summed E-state index contributed by atoms with van der Waals surface area (Å²) >= 11 is 0. The van der Waals surface area contributed by atoms with Crippen molar-refractivity contribution >= 4 is 0 Å². The molecule has 0 aromatic carbocycles. The van der Waals surface area contributed by atoms with Crippen molar-refractivity contribution in [3.8, 4) is 0 Å². The second-order valence-corrected chi connectivity index (χ2v) is 7.40. The van der Waals surface area contributed by atoms with E-state index in [4.69, 9.17) is 0 Å². The molecule has 0 aliphatic heterocycles. The molecule has 0 heteroatoms. The maximum atomic E-state index is 2.56. The first-order valence-electron chi connectivity index (χ1n) is 9.10. The molecule has 0 nitrogen and oxygen atoms in total. The lowest BCUT2D eigenvalue weighted by Gasteiger charge is -2.35. The first-order chi connectivity index (χ1) is 9.10. The Morgan fingerprint density at radius 3 is 2.32 bits per heavy atom. The third-order valence-corrected chi connectivity index (χ3v) is 6.13. The summed E-state index contributed by atoms with van der Waals surface area (Å²) < 4.78 is 0. The van der Waals surface area contributed by atoms with Crippen LogP contribution < -0.4 is 0 Å². The second kappa shape index (κ2) is 9.03. The maximum Gasteiger partial charge on any atom is -0.0358 e. The summed E-state index contributed by atoms with van der Waals surface area (Å²) in [5.74, 6) is 4.79. The molecule has 1 aliphatic carbocycles. The Hall–Kier alpha value is 0. The van der Waals surface area contributed by atoms with Gasteiger partial charge in [0.2, 0.25) is 0 Å².